The van der Waals surface area contributed by atoms with Crippen LogP contribution in [-0.2, 0) is 11.2 Å². The van der Waals surface area contributed by atoms with Crippen LogP contribution in [0.2, 0.25) is 0 Å². The Hall–Kier alpha value is -3.81. The molecule has 0 aliphatic heterocycles. The van der Waals surface area contributed by atoms with Crippen molar-refractivity contribution in [1.29, 1.82) is 0 Å². The average Bonchev–Trinajstić information content (AvgIpc) is 3.34. The van der Waals surface area contributed by atoms with E-state index in [2.05, 4.69) is 26.6 Å². The number of aromatic nitrogens is 4. The van der Waals surface area contributed by atoms with Gasteiger partial charge in [-0.1, -0.05) is 11.2 Å². The predicted molar refractivity (Wildman–Crippen MR) is 119 cm³/mol. The van der Waals surface area contributed by atoms with Gasteiger partial charge in [0.25, 0.3) is 0 Å². The molecule has 0 radical (unpaired) electrons. The topological polar surface area (TPSA) is 85.8 Å². The van der Waals surface area contributed by atoms with Crippen LogP contribution in [0.4, 0.5) is 10.2 Å². The third-order valence-electron chi connectivity index (χ3n) is 4.92. The summed E-state index contributed by atoms with van der Waals surface area (Å²) >= 11 is 0. The first-order valence-electron chi connectivity index (χ1n) is 10.4. The summed E-state index contributed by atoms with van der Waals surface area (Å²) in [6.45, 7) is 5.96. The van der Waals surface area contributed by atoms with Gasteiger partial charge in [-0.15, -0.1) is 0 Å². The lowest BCUT2D eigenvalue weighted by molar-refractivity contribution is -0.116. The van der Waals surface area contributed by atoms with Gasteiger partial charge in [-0.2, -0.15) is 10.1 Å². The number of benzene rings is 2. The molecule has 2 aromatic heterocycles. The van der Waals surface area contributed by atoms with E-state index in [1.165, 1.54) is 12.1 Å². The molecule has 0 saturated carbocycles. The summed E-state index contributed by atoms with van der Waals surface area (Å²) < 4.78 is 20.1. The largest absolute Gasteiger partial charge is 0.339 e. The second-order valence-electron chi connectivity index (χ2n) is 7.85. The Morgan fingerprint density at radius 3 is 2.50 bits per heavy atom. The number of aryl methyl sites for hydroxylation is 4. The molecule has 0 unspecified atom stereocenters. The highest BCUT2D eigenvalue weighted by atomic mass is 19.1. The van der Waals surface area contributed by atoms with Crippen LogP contribution in [-0.4, -0.2) is 25.8 Å². The van der Waals surface area contributed by atoms with Crippen molar-refractivity contribution in [2.45, 2.75) is 40.0 Å². The maximum absolute atomic E-state index is 13.1. The first-order valence-corrected chi connectivity index (χ1v) is 10.4. The fraction of sp³-hybridized carbons (Fsp3) is 0.250. The first-order chi connectivity index (χ1) is 15.4. The van der Waals surface area contributed by atoms with E-state index >= 15 is 0 Å². The Bertz CT molecular complexity index is 1220. The summed E-state index contributed by atoms with van der Waals surface area (Å²) in [6, 6.07) is 13.9. The maximum Gasteiger partial charge on any atom is 0.226 e. The fourth-order valence-electron chi connectivity index (χ4n) is 3.54. The van der Waals surface area contributed by atoms with E-state index in [-0.39, 0.29) is 11.7 Å². The quantitative estimate of drug-likeness (QED) is 0.446. The second-order valence-corrected chi connectivity index (χ2v) is 7.85. The van der Waals surface area contributed by atoms with Crippen molar-refractivity contribution in [3.05, 3.63) is 77.1 Å². The van der Waals surface area contributed by atoms with Crippen molar-refractivity contribution >= 4 is 11.7 Å². The van der Waals surface area contributed by atoms with Gasteiger partial charge >= 0.3 is 0 Å². The Balaban J connectivity index is 1.36. The maximum atomic E-state index is 13.1. The molecule has 0 saturated heterocycles. The van der Waals surface area contributed by atoms with Gasteiger partial charge in [0.1, 0.15) is 11.6 Å². The van der Waals surface area contributed by atoms with Gasteiger partial charge in [-0.3, -0.25) is 4.79 Å². The molecule has 7 nitrogen and oxygen atoms in total. The Morgan fingerprint density at radius 1 is 1.06 bits per heavy atom. The van der Waals surface area contributed by atoms with Gasteiger partial charge in [0, 0.05) is 24.5 Å². The predicted octanol–water partition coefficient (Wildman–Crippen LogP) is 4.95. The van der Waals surface area contributed by atoms with Crippen molar-refractivity contribution < 1.29 is 13.7 Å². The van der Waals surface area contributed by atoms with Crippen LogP contribution in [0.1, 0.15) is 35.6 Å². The summed E-state index contributed by atoms with van der Waals surface area (Å²) in [5.74, 6) is 1.03. The number of nitrogens with one attached hydrogen (secondary N) is 1. The molecule has 0 atom stereocenters. The monoisotopic (exact) mass is 433 g/mol. The highest BCUT2D eigenvalue weighted by Crippen LogP contribution is 2.21. The minimum absolute atomic E-state index is 0.117. The fourth-order valence-corrected chi connectivity index (χ4v) is 3.54. The number of carbonyl (C=O) groups is 1. The van der Waals surface area contributed by atoms with Crippen LogP contribution < -0.4 is 5.32 Å². The van der Waals surface area contributed by atoms with Gasteiger partial charge in [-0.05, 0) is 74.7 Å². The zero-order chi connectivity index (χ0) is 22.7. The van der Waals surface area contributed by atoms with Crippen LogP contribution in [0, 0.1) is 26.6 Å². The lowest BCUT2D eigenvalue weighted by Crippen LogP contribution is -2.15. The van der Waals surface area contributed by atoms with Crippen LogP contribution in [0.15, 0.2) is 53.1 Å². The number of carbonyl (C=O) groups excluding carboxylic acids is 1. The molecular weight excluding hydrogens is 409 g/mol. The third-order valence-corrected chi connectivity index (χ3v) is 4.92. The molecule has 4 aromatic rings. The number of nitrogens with zero attached hydrogens (tertiary/aromatic N) is 4. The summed E-state index contributed by atoms with van der Waals surface area (Å²) in [4.78, 5) is 16.9. The van der Waals surface area contributed by atoms with E-state index in [0.29, 0.717) is 42.4 Å². The van der Waals surface area contributed by atoms with Crippen molar-refractivity contribution in [1.82, 2.24) is 19.9 Å². The first kappa shape index (κ1) is 21.4. The van der Waals surface area contributed by atoms with Gasteiger partial charge in [-0.25, -0.2) is 9.07 Å². The van der Waals surface area contributed by atoms with E-state index < -0.39 is 0 Å². The summed E-state index contributed by atoms with van der Waals surface area (Å²) in [6.07, 6.45) is 1.32. The molecule has 1 N–H and O–H groups in total. The molecule has 0 fully saturated rings. The molecule has 32 heavy (non-hydrogen) atoms. The number of anilines is 1. The number of hydrogen-bond acceptors (Lipinski definition) is 5. The summed E-state index contributed by atoms with van der Waals surface area (Å²) in [5.41, 5.74) is 4.66. The zero-order valence-electron chi connectivity index (χ0n) is 18.2. The Kier molecular flexibility index (Phi) is 6.11. The molecule has 2 aromatic carbocycles. The van der Waals surface area contributed by atoms with Crippen molar-refractivity contribution in [2.75, 3.05) is 5.32 Å². The minimum Gasteiger partial charge on any atom is -0.339 e. The highest BCUT2D eigenvalue weighted by Gasteiger charge is 2.13. The van der Waals surface area contributed by atoms with Crippen LogP contribution in [0.25, 0.3) is 17.1 Å². The minimum atomic E-state index is -0.322. The smallest absolute Gasteiger partial charge is 0.226 e. The normalized spacial score (nSPS) is 11.0. The molecule has 164 valence electrons. The zero-order valence-corrected chi connectivity index (χ0v) is 18.2. The van der Waals surface area contributed by atoms with Crippen LogP contribution in [0.3, 0.4) is 0 Å². The SMILES string of the molecule is Cc1cc(C)cc(-n2nc(C)cc2NC(=O)CCCc2nc(-c3ccc(F)cc3)no2)c1. The molecule has 2 heterocycles. The standard InChI is InChI=1S/C24H24FN5O2/c1-15-11-16(2)13-20(12-15)30-21(14-17(3)28-30)26-22(31)5-4-6-23-27-24(29-32-23)18-7-9-19(25)10-8-18/h7-14H,4-6H2,1-3H3,(H,26,31). The third kappa shape index (κ3) is 5.08. The highest BCUT2D eigenvalue weighted by molar-refractivity contribution is 5.90. The molecule has 4 rings (SSSR count). The van der Waals surface area contributed by atoms with E-state index in [9.17, 15) is 9.18 Å². The lowest BCUT2D eigenvalue weighted by atomic mass is 10.1. The number of amides is 1. The Labute approximate surface area is 185 Å². The van der Waals surface area contributed by atoms with E-state index in [4.69, 9.17) is 4.52 Å². The van der Waals surface area contributed by atoms with Gasteiger partial charge in [0.15, 0.2) is 0 Å². The van der Waals surface area contributed by atoms with Crippen LogP contribution in [0.5, 0.6) is 0 Å². The average molecular weight is 433 g/mol. The van der Waals surface area contributed by atoms with E-state index in [1.807, 2.05) is 39.0 Å². The van der Waals surface area contributed by atoms with E-state index in [1.54, 1.807) is 16.8 Å². The molecule has 0 spiro atoms. The lowest BCUT2D eigenvalue weighted by Gasteiger charge is -2.10. The molecule has 0 bridgehead atoms. The molecule has 0 aliphatic rings. The van der Waals surface area contributed by atoms with Crippen LogP contribution >= 0.6 is 0 Å². The Morgan fingerprint density at radius 2 is 1.78 bits per heavy atom. The molecule has 0 aliphatic carbocycles. The van der Waals surface area contributed by atoms with Gasteiger partial charge in [0.2, 0.25) is 17.6 Å². The van der Waals surface area contributed by atoms with Crippen molar-refractivity contribution in [3.63, 3.8) is 0 Å². The van der Waals surface area contributed by atoms with Gasteiger partial charge in [0.05, 0.1) is 11.4 Å². The van der Waals surface area contributed by atoms with Crippen molar-refractivity contribution in [3.8, 4) is 17.1 Å². The summed E-state index contributed by atoms with van der Waals surface area (Å²) in [7, 11) is 0. The van der Waals surface area contributed by atoms with E-state index in [0.717, 1.165) is 22.5 Å². The number of hydrogen-bond donors (Lipinski definition) is 1. The number of halogens is 1. The van der Waals surface area contributed by atoms with Gasteiger partial charge < -0.3 is 9.84 Å². The van der Waals surface area contributed by atoms with Crippen molar-refractivity contribution in [2.24, 2.45) is 0 Å². The molecular formula is C24H24FN5O2. The molecule has 1 amide bonds. The second kappa shape index (κ2) is 9.13. The molecule has 8 heteroatoms. The number of rotatable bonds is 7. The summed E-state index contributed by atoms with van der Waals surface area (Å²) in [5, 5.41) is 11.4.